The number of nitro benzene ring substituents is 1. The van der Waals surface area contributed by atoms with Crippen molar-refractivity contribution in [2.45, 2.75) is 25.9 Å². The molecule has 2 rings (SSSR count). The zero-order valence-corrected chi connectivity index (χ0v) is 16.7. The second kappa shape index (κ2) is 10.4. The molecule has 0 radical (unpaired) electrons. The molecule has 28 heavy (non-hydrogen) atoms. The van der Waals surface area contributed by atoms with Gasteiger partial charge in [-0.1, -0.05) is 34.1 Å². The molecule has 0 spiro atoms. The summed E-state index contributed by atoms with van der Waals surface area (Å²) in [4.78, 5) is 34.4. The zero-order chi connectivity index (χ0) is 20.5. The van der Waals surface area contributed by atoms with Gasteiger partial charge in [-0.3, -0.25) is 19.7 Å². The van der Waals surface area contributed by atoms with Crippen molar-refractivity contribution in [2.24, 2.45) is 0 Å². The van der Waals surface area contributed by atoms with Gasteiger partial charge in [-0.05, 0) is 37.6 Å². The molecule has 1 amide bonds. The number of carbonyl (C=O) groups is 2. The lowest BCUT2D eigenvalue weighted by Gasteiger charge is -2.13. The van der Waals surface area contributed by atoms with Crippen LogP contribution in [0.5, 0.6) is 5.75 Å². The quantitative estimate of drug-likeness (QED) is 0.266. The van der Waals surface area contributed by atoms with Crippen LogP contribution in [-0.4, -0.2) is 29.5 Å². The number of anilines is 1. The number of halogens is 1. The molecular weight excluding hydrogens is 432 g/mol. The third-order valence-electron chi connectivity index (χ3n) is 3.63. The molecule has 0 fully saturated rings. The third kappa shape index (κ3) is 6.66. The first kappa shape index (κ1) is 21.4. The van der Waals surface area contributed by atoms with Crippen LogP contribution in [0.3, 0.4) is 0 Å². The van der Waals surface area contributed by atoms with E-state index in [1.807, 2.05) is 18.2 Å². The van der Waals surface area contributed by atoms with Gasteiger partial charge >= 0.3 is 5.97 Å². The summed E-state index contributed by atoms with van der Waals surface area (Å²) in [6.45, 7) is 1.72. The van der Waals surface area contributed by atoms with E-state index in [0.717, 1.165) is 4.47 Å². The number of rotatable bonds is 9. The normalized spacial score (nSPS) is 11.4. The zero-order valence-electron chi connectivity index (χ0n) is 15.1. The van der Waals surface area contributed by atoms with Gasteiger partial charge in [0, 0.05) is 17.0 Å². The number of hydrogen-bond acceptors (Lipinski definition) is 6. The minimum absolute atomic E-state index is 0.0443. The maximum atomic E-state index is 12.1. The van der Waals surface area contributed by atoms with Gasteiger partial charge in [-0.15, -0.1) is 0 Å². The molecular formula is C19H19BrN2O6. The summed E-state index contributed by atoms with van der Waals surface area (Å²) in [5.74, 6) is -0.518. The molecule has 0 heterocycles. The van der Waals surface area contributed by atoms with Crippen molar-refractivity contribution in [3.63, 3.8) is 0 Å². The highest BCUT2D eigenvalue weighted by Crippen LogP contribution is 2.23. The molecule has 8 nitrogen and oxygen atoms in total. The van der Waals surface area contributed by atoms with Gasteiger partial charge in [0.2, 0.25) is 0 Å². The van der Waals surface area contributed by atoms with Crippen LogP contribution in [0.25, 0.3) is 0 Å². The molecule has 1 N–H and O–H groups in total. The summed E-state index contributed by atoms with van der Waals surface area (Å²) in [5, 5.41) is 13.4. The summed E-state index contributed by atoms with van der Waals surface area (Å²) in [7, 11) is 0. The average Bonchev–Trinajstić information content (AvgIpc) is 2.65. The molecule has 0 aliphatic heterocycles. The predicted octanol–water partition coefficient (Wildman–Crippen LogP) is 4.09. The van der Waals surface area contributed by atoms with E-state index in [4.69, 9.17) is 9.47 Å². The third-order valence-corrected chi connectivity index (χ3v) is 4.12. The largest absolute Gasteiger partial charge is 0.494 e. The predicted molar refractivity (Wildman–Crippen MR) is 106 cm³/mol. The van der Waals surface area contributed by atoms with Crippen LogP contribution in [-0.2, 0) is 14.3 Å². The van der Waals surface area contributed by atoms with Crippen molar-refractivity contribution >= 4 is 39.2 Å². The Balaban J connectivity index is 1.75. The maximum Gasteiger partial charge on any atom is 0.306 e. The minimum Gasteiger partial charge on any atom is -0.494 e. The van der Waals surface area contributed by atoms with Gasteiger partial charge in [0.15, 0.2) is 6.10 Å². The van der Waals surface area contributed by atoms with Crippen molar-refractivity contribution in [3.8, 4) is 5.75 Å². The molecule has 1 atom stereocenters. The lowest BCUT2D eigenvalue weighted by Crippen LogP contribution is -2.30. The number of nitro groups is 1. The number of ether oxygens (including phenoxy) is 2. The van der Waals surface area contributed by atoms with Crippen molar-refractivity contribution in [2.75, 3.05) is 11.9 Å². The van der Waals surface area contributed by atoms with Gasteiger partial charge in [-0.2, -0.15) is 0 Å². The van der Waals surface area contributed by atoms with Crippen molar-refractivity contribution < 1.29 is 24.0 Å². The van der Waals surface area contributed by atoms with Crippen LogP contribution < -0.4 is 10.1 Å². The molecule has 0 aliphatic rings. The van der Waals surface area contributed by atoms with Gasteiger partial charge < -0.3 is 14.8 Å². The summed E-state index contributed by atoms with van der Waals surface area (Å²) < 4.78 is 11.5. The summed E-state index contributed by atoms with van der Waals surface area (Å²) in [6.07, 6.45) is -0.584. The van der Waals surface area contributed by atoms with Gasteiger partial charge in [0.05, 0.1) is 11.5 Å². The van der Waals surface area contributed by atoms with E-state index in [0.29, 0.717) is 18.8 Å². The van der Waals surface area contributed by atoms with Crippen LogP contribution in [0.2, 0.25) is 0 Å². The number of benzene rings is 2. The molecule has 2 aromatic carbocycles. The van der Waals surface area contributed by atoms with E-state index < -0.39 is 22.9 Å². The van der Waals surface area contributed by atoms with Crippen molar-refractivity contribution in [1.82, 2.24) is 0 Å². The Morgan fingerprint density at radius 2 is 1.96 bits per heavy atom. The standard InChI is InChI=1S/C19H19BrN2O6/c1-13(19(24)21-16-8-2-3-9-17(16)22(25)26)28-18(23)10-5-11-27-15-7-4-6-14(20)12-15/h2-4,6-9,12-13H,5,10-11H2,1H3,(H,21,24). The van der Waals surface area contributed by atoms with Gasteiger partial charge in [-0.25, -0.2) is 0 Å². The van der Waals surface area contributed by atoms with Crippen LogP contribution in [0, 0.1) is 10.1 Å². The Morgan fingerprint density at radius 1 is 1.21 bits per heavy atom. The summed E-state index contributed by atoms with van der Waals surface area (Å²) in [6, 6.07) is 13.1. The minimum atomic E-state index is -1.08. The lowest BCUT2D eigenvalue weighted by atomic mass is 10.2. The van der Waals surface area contributed by atoms with Crippen molar-refractivity contribution in [3.05, 3.63) is 63.1 Å². The lowest BCUT2D eigenvalue weighted by molar-refractivity contribution is -0.383. The van der Waals surface area contributed by atoms with E-state index in [1.165, 1.54) is 25.1 Å². The fourth-order valence-corrected chi connectivity index (χ4v) is 2.62. The SMILES string of the molecule is CC(OC(=O)CCCOc1cccc(Br)c1)C(=O)Nc1ccccc1[N+](=O)[O-]. The highest BCUT2D eigenvalue weighted by molar-refractivity contribution is 9.10. The molecule has 0 aromatic heterocycles. The van der Waals surface area contributed by atoms with Crippen LogP contribution in [0.15, 0.2) is 53.0 Å². The molecule has 148 valence electrons. The van der Waals surface area contributed by atoms with Crippen molar-refractivity contribution in [1.29, 1.82) is 0 Å². The molecule has 0 aliphatic carbocycles. The summed E-state index contributed by atoms with van der Waals surface area (Å²) in [5.41, 5.74) is -0.193. The highest BCUT2D eigenvalue weighted by atomic mass is 79.9. The summed E-state index contributed by atoms with van der Waals surface area (Å²) >= 11 is 3.34. The number of amides is 1. The number of esters is 1. The van der Waals surface area contributed by atoms with E-state index >= 15 is 0 Å². The number of hydrogen-bond donors (Lipinski definition) is 1. The first-order chi connectivity index (χ1) is 13.4. The topological polar surface area (TPSA) is 108 Å². The van der Waals surface area contributed by atoms with E-state index in [1.54, 1.807) is 12.1 Å². The second-order valence-electron chi connectivity index (χ2n) is 5.80. The highest BCUT2D eigenvalue weighted by Gasteiger charge is 2.21. The number of para-hydroxylation sites is 2. The molecule has 9 heteroatoms. The van der Waals surface area contributed by atoms with E-state index in [2.05, 4.69) is 21.2 Å². The Kier molecular flexibility index (Phi) is 7.94. The fraction of sp³-hybridized carbons (Fsp3) is 0.263. The van der Waals surface area contributed by atoms with E-state index in [9.17, 15) is 19.7 Å². The first-order valence-electron chi connectivity index (χ1n) is 8.49. The van der Waals surface area contributed by atoms with Crippen LogP contribution in [0.1, 0.15) is 19.8 Å². The Bertz CT molecular complexity index is 858. The number of carbonyl (C=O) groups excluding carboxylic acids is 2. The van der Waals surface area contributed by atoms with Gasteiger partial charge in [0.25, 0.3) is 11.6 Å². The Labute approximate surface area is 170 Å². The smallest absolute Gasteiger partial charge is 0.306 e. The Hall–Kier alpha value is -2.94. The number of nitrogens with zero attached hydrogens (tertiary/aromatic N) is 1. The monoisotopic (exact) mass is 450 g/mol. The molecule has 0 bridgehead atoms. The fourth-order valence-electron chi connectivity index (χ4n) is 2.25. The molecule has 1 unspecified atom stereocenters. The molecule has 2 aromatic rings. The molecule has 0 saturated carbocycles. The first-order valence-corrected chi connectivity index (χ1v) is 9.28. The Morgan fingerprint density at radius 3 is 2.68 bits per heavy atom. The number of nitrogens with one attached hydrogen (secondary N) is 1. The molecule has 0 saturated heterocycles. The maximum absolute atomic E-state index is 12.1. The van der Waals surface area contributed by atoms with Gasteiger partial charge in [0.1, 0.15) is 11.4 Å². The second-order valence-corrected chi connectivity index (χ2v) is 6.72. The van der Waals surface area contributed by atoms with Crippen LogP contribution >= 0.6 is 15.9 Å². The van der Waals surface area contributed by atoms with E-state index in [-0.39, 0.29) is 17.8 Å². The van der Waals surface area contributed by atoms with Crippen LogP contribution in [0.4, 0.5) is 11.4 Å². The average molecular weight is 451 g/mol.